The number of hydrogen-bond acceptors (Lipinski definition) is 5. The molecule has 1 aromatic heterocycles. The summed E-state index contributed by atoms with van der Waals surface area (Å²) in [5.41, 5.74) is 0.819. The number of pyridine rings is 1. The number of nitrogens with zero attached hydrogens (tertiary/aromatic N) is 2. The van der Waals surface area contributed by atoms with Crippen LogP contribution in [-0.2, 0) is 26.1 Å². The lowest BCUT2D eigenvalue weighted by Crippen LogP contribution is -2.49. The highest BCUT2D eigenvalue weighted by Crippen LogP contribution is 2.37. The third kappa shape index (κ3) is 3.92. The average molecular weight is 432 g/mol. The van der Waals surface area contributed by atoms with Crippen molar-refractivity contribution in [1.29, 1.82) is 0 Å². The van der Waals surface area contributed by atoms with Gasteiger partial charge in [0.15, 0.2) is 0 Å². The summed E-state index contributed by atoms with van der Waals surface area (Å²) in [4.78, 5) is 25.2. The predicted octanol–water partition coefficient (Wildman–Crippen LogP) is 1.63. The van der Waals surface area contributed by atoms with E-state index in [4.69, 9.17) is 4.74 Å². The van der Waals surface area contributed by atoms with Crippen molar-refractivity contribution in [3.05, 3.63) is 58.5 Å². The Bertz CT molecular complexity index is 1100. The molecule has 1 amide bonds. The molecule has 0 spiro atoms. The molecule has 2 aromatic rings. The number of piperidine rings is 1. The fourth-order valence-corrected chi connectivity index (χ4v) is 5.92. The second-order valence-electron chi connectivity index (χ2n) is 7.81. The van der Waals surface area contributed by atoms with Crippen molar-refractivity contribution >= 4 is 21.6 Å². The van der Waals surface area contributed by atoms with Crippen LogP contribution in [-0.4, -0.2) is 50.0 Å². The van der Waals surface area contributed by atoms with Gasteiger partial charge in [0.2, 0.25) is 15.9 Å². The SMILES string of the molecule is COCCC(=O)Nc1ccc2n(c1=O)CC1CC2CN(S(=O)(=O)c2ccccc2)C1. The first-order valence-electron chi connectivity index (χ1n) is 9.98. The number of anilines is 1. The Labute approximate surface area is 175 Å². The summed E-state index contributed by atoms with van der Waals surface area (Å²) in [5, 5.41) is 2.66. The second-order valence-corrected chi connectivity index (χ2v) is 9.75. The number of sulfonamides is 1. The van der Waals surface area contributed by atoms with Crippen molar-refractivity contribution in [2.45, 2.75) is 30.2 Å². The zero-order valence-corrected chi connectivity index (χ0v) is 17.6. The van der Waals surface area contributed by atoms with Crippen LogP contribution in [0.3, 0.4) is 0 Å². The monoisotopic (exact) mass is 431 g/mol. The van der Waals surface area contributed by atoms with E-state index < -0.39 is 10.0 Å². The lowest BCUT2D eigenvalue weighted by atomic mass is 9.84. The first-order valence-corrected chi connectivity index (χ1v) is 11.4. The largest absolute Gasteiger partial charge is 0.384 e. The summed E-state index contributed by atoms with van der Waals surface area (Å²) < 4.78 is 34.2. The first-order chi connectivity index (χ1) is 14.4. The molecular formula is C21H25N3O5S. The van der Waals surface area contributed by atoms with Gasteiger partial charge < -0.3 is 14.6 Å². The molecule has 9 heteroatoms. The Kier molecular flexibility index (Phi) is 5.77. The Morgan fingerprint density at radius 3 is 2.63 bits per heavy atom. The molecule has 30 heavy (non-hydrogen) atoms. The van der Waals surface area contributed by atoms with E-state index in [2.05, 4.69) is 5.32 Å². The number of hydrogen-bond donors (Lipinski definition) is 1. The van der Waals surface area contributed by atoms with E-state index in [-0.39, 0.29) is 46.9 Å². The summed E-state index contributed by atoms with van der Waals surface area (Å²) in [5.74, 6) is -0.278. The number of aromatic nitrogens is 1. The minimum absolute atomic E-state index is 0.0480. The molecule has 1 aromatic carbocycles. The van der Waals surface area contributed by atoms with Crippen LogP contribution in [0.1, 0.15) is 24.5 Å². The molecule has 1 N–H and O–H groups in total. The number of methoxy groups -OCH3 is 1. The molecule has 0 saturated carbocycles. The van der Waals surface area contributed by atoms with Gasteiger partial charge in [-0.3, -0.25) is 9.59 Å². The van der Waals surface area contributed by atoms with Crippen molar-refractivity contribution in [2.24, 2.45) is 5.92 Å². The Morgan fingerprint density at radius 1 is 1.13 bits per heavy atom. The van der Waals surface area contributed by atoms with Crippen LogP contribution in [0.15, 0.2) is 52.2 Å². The highest BCUT2D eigenvalue weighted by molar-refractivity contribution is 7.89. The molecule has 2 aliphatic rings. The molecule has 1 saturated heterocycles. The molecule has 2 bridgehead atoms. The third-order valence-corrected chi connectivity index (χ3v) is 7.60. The molecule has 2 aliphatic heterocycles. The molecule has 2 atom stereocenters. The summed E-state index contributed by atoms with van der Waals surface area (Å²) in [6.45, 7) is 1.44. The topological polar surface area (TPSA) is 97.7 Å². The van der Waals surface area contributed by atoms with Gasteiger partial charge in [0.05, 0.1) is 17.9 Å². The van der Waals surface area contributed by atoms with Crippen LogP contribution < -0.4 is 10.9 Å². The van der Waals surface area contributed by atoms with Crippen LogP contribution in [0.25, 0.3) is 0 Å². The normalized spacial score (nSPS) is 21.1. The van der Waals surface area contributed by atoms with Crippen molar-refractivity contribution in [3.63, 3.8) is 0 Å². The number of carbonyl (C=O) groups is 1. The lowest BCUT2D eigenvalue weighted by Gasteiger charge is -2.42. The second kappa shape index (κ2) is 8.33. The van der Waals surface area contributed by atoms with E-state index in [1.807, 2.05) is 6.07 Å². The molecule has 0 radical (unpaired) electrons. The summed E-state index contributed by atoms with van der Waals surface area (Å²) in [7, 11) is -2.06. The summed E-state index contributed by atoms with van der Waals surface area (Å²) in [6.07, 6.45) is 1.02. The zero-order chi connectivity index (χ0) is 21.3. The van der Waals surface area contributed by atoms with Gasteiger partial charge in [-0.1, -0.05) is 18.2 Å². The van der Waals surface area contributed by atoms with Crippen LogP contribution >= 0.6 is 0 Å². The molecule has 160 valence electrons. The third-order valence-electron chi connectivity index (χ3n) is 5.76. The number of ether oxygens (including phenoxy) is 1. The van der Waals surface area contributed by atoms with Gasteiger partial charge in [0, 0.05) is 38.4 Å². The van der Waals surface area contributed by atoms with Gasteiger partial charge >= 0.3 is 0 Å². The Balaban J connectivity index is 1.58. The molecule has 8 nitrogen and oxygen atoms in total. The van der Waals surface area contributed by atoms with Gasteiger partial charge in [-0.15, -0.1) is 0 Å². The Morgan fingerprint density at radius 2 is 1.90 bits per heavy atom. The van der Waals surface area contributed by atoms with Crippen molar-refractivity contribution in [3.8, 4) is 0 Å². The number of nitrogens with one attached hydrogen (secondary N) is 1. The van der Waals surface area contributed by atoms with Crippen LogP contribution in [0.4, 0.5) is 5.69 Å². The van der Waals surface area contributed by atoms with Crippen molar-refractivity contribution < 1.29 is 17.9 Å². The van der Waals surface area contributed by atoms with E-state index in [0.29, 0.717) is 19.6 Å². The van der Waals surface area contributed by atoms with Crippen LogP contribution in [0.2, 0.25) is 0 Å². The van der Waals surface area contributed by atoms with Crippen molar-refractivity contribution in [1.82, 2.24) is 8.87 Å². The average Bonchev–Trinajstić information content (AvgIpc) is 2.75. The van der Waals surface area contributed by atoms with Gasteiger partial charge in [0.1, 0.15) is 5.69 Å². The minimum atomic E-state index is -3.57. The molecule has 0 aliphatic carbocycles. The molecule has 3 heterocycles. The molecule has 4 rings (SSSR count). The highest BCUT2D eigenvalue weighted by Gasteiger charge is 2.39. The van der Waals surface area contributed by atoms with Gasteiger partial charge in [-0.05, 0) is 36.6 Å². The van der Waals surface area contributed by atoms with Gasteiger partial charge in [0.25, 0.3) is 5.56 Å². The van der Waals surface area contributed by atoms with Gasteiger partial charge in [-0.25, -0.2) is 8.42 Å². The maximum Gasteiger partial charge on any atom is 0.274 e. The summed E-state index contributed by atoms with van der Waals surface area (Å²) in [6, 6.07) is 11.9. The number of carbonyl (C=O) groups excluding carboxylic acids is 1. The number of rotatable bonds is 6. The first kappa shape index (κ1) is 20.8. The van der Waals surface area contributed by atoms with Gasteiger partial charge in [-0.2, -0.15) is 4.31 Å². The standard InChI is InChI=1S/C21H25N3O5S/c1-29-10-9-20(25)22-18-7-8-19-16-11-15(13-24(19)21(18)26)12-23(14-16)30(27,28)17-5-3-2-4-6-17/h2-8,15-16H,9-14H2,1H3,(H,22,25). The van der Waals surface area contributed by atoms with E-state index in [1.54, 1.807) is 41.0 Å². The smallest absolute Gasteiger partial charge is 0.274 e. The predicted molar refractivity (Wildman–Crippen MR) is 112 cm³/mol. The van der Waals surface area contributed by atoms with E-state index in [0.717, 1.165) is 12.1 Å². The van der Waals surface area contributed by atoms with E-state index in [1.165, 1.54) is 11.4 Å². The van der Waals surface area contributed by atoms with Crippen LogP contribution in [0, 0.1) is 5.92 Å². The number of fused-ring (bicyclic) bond motifs is 4. The highest BCUT2D eigenvalue weighted by atomic mass is 32.2. The lowest BCUT2D eigenvalue weighted by molar-refractivity contribution is -0.117. The van der Waals surface area contributed by atoms with Crippen molar-refractivity contribution in [2.75, 3.05) is 32.1 Å². The fourth-order valence-electron chi connectivity index (χ4n) is 4.34. The summed E-state index contributed by atoms with van der Waals surface area (Å²) >= 11 is 0. The fraction of sp³-hybridized carbons (Fsp3) is 0.429. The maximum atomic E-state index is 13.1. The minimum Gasteiger partial charge on any atom is -0.384 e. The van der Waals surface area contributed by atoms with E-state index >= 15 is 0 Å². The quantitative estimate of drug-likeness (QED) is 0.750. The molecule has 2 unspecified atom stereocenters. The molecule has 1 fully saturated rings. The maximum absolute atomic E-state index is 13.1. The van der Waals surface area contributed by atoms with Crippen LogP contribution in [0.5, 0.6) is 0 Å². The zero-order valence-electron chi connectivity index (χ0n) is 16.8. The Hall–Kier alpha value is -2.49. The number of benzene rings is 1. The van der Waals surface area contributed by atoms with E-state index in [9.17, 15) is 18.0 Å². The number of amides is 1. The molecular weight excluding hydrogens is 406 g/mol.